The summed E-state index contributed by atoms with van der Waals surface area (Å²) in [6.45, 7) is 2.11. The molecule has 0 bridgehead atoms. The van der Waals surface area contributed by atoms with Crippen molar-refractivity contribution < 1.29 is 0 Å². The van der Waals surface area contributed by atoms with Gasteiger partial charge in [0.15, 0.2) is 5.13 Å². The van der Waals surface area contributed by atoms with E-state index in [1.165, 1.54) is 29.3 Å². The summed E-state index contributed by atoms with van der Waals surface area (Å²) >= 11 is 1.79. The molecule has 1 aliphatic carbocycles. The van der Waals surface area contributed by atoms with E-state index in [9.17, 15) is 0 Å². The molecule has 1 aromatic heterocycles. The molecule has 0 unspecified atom stereocenters. The van der Waals surface area contributed by atoms with E-state index in [2.05, 4.69) is 23.9 Å². The van der Waals surface area contributed by atoms with Crippen LogP contribution in [0.15, 0.2) is 6.20 Å². The maximum Gasteiger partial charge on any atom is 0.185 e. The van der Waals surface area contributed by atoms with Crippen LogP contribution in [0.1, 0.15) is 24.1 Å². The van der Waals surface area contributed by atoms with Gasteiger partial charge < -0.3 is 4.90 Å². The summed E-state index contributed by atoms with van der Waals surface area (Å²) in [7, 11) is 2.15. The van der Waals surface area contributed by atoms with Gasteiger partial charge in [0, 0.05) is 24.2 Å². The minimum Gasteiger partial charge on any atom is -0.348 e. The fourth-order valence-corrected chi connectivity index (χ4v) is 2.23. The number of anilines is 1. The summed E-state index contributed by atoms with van der Waals surface area (Å²) in [6.07, 6.45) is 6.03. The van der Waals surface area contributed by atoms with Crippen LogP contribution < -0.4 is 4.90 Å². The minimum atomic E-state index is 0.760. The molecule has 0 aromatic carbocycles. The highest BCUT2D eigenvalue weighted by molar-refractivity contribution is 7.15. The third kappa shape index (κ3) is 1.33. The number of nitrogens with zero attached hydrogens (tertiary/aromatic N) is 2. The number of aromatic nitrogens is 1. The molecule has 66 valence electrons. The van der Waals surface area contributed by atoms with Crippen molar-refractivity contribution >= 4 is 16.5 Å². The quantitative estimate of drug-likeness (QED) is 0.698. The van der Waals surface area contributed by atoms with Crippen LogP contribution in [0.2, 0.25) is 0 Å². The average molecular weight is 182 g/mol. The van der Waals surface area contributed by atoms with Crippen LogP contribution in [0.5, 0.6) is 0 Å². The van der Waals surface area contributed by atoms with Gasteiger partial charge in [-0.15, -0.1) is 11.3 Å². The molecule has 0 N–H and O–H groups in total. The second-order valence-corrected chi connectivity index (χ2v) is 4.66. The Kier molecular flexibility index (Phi) is 2.05. The van der Waals surface area contributed by atoms with Crippen LogP contribution in [0.25, 0.3) is 0 Å². The summed E-state index contributed by atoms with van der Waals surface area (Å²) < 4.78 is 0. The maximum atomic E-state index is 4.36. The lowest BCUT2D eigenvalue weighted by molar-refractivity contribution is 0.401. The van der Waals surface area contributed by atoms with E-state index >= 15 is 0 Å². The van der Waals surface area contributed by atoms with Crippen molar-refractivity contribution in [1.82, 2.24) is 4.98 Å². The van der Waals surface area contributed by atoms with Gasteiger partial charge >= 0.3 is 0 Å². The molecule has 1 aromatic rings. The number of rotatable bonds is 2. The molecular weight excluding hydrogens is 168 g/mol. The maximum absolute atomic E-state index is 4.36. The minimum absolute atomic E-state index is 0.760. The number of aryl methyl sites for hydroxylation is 1. The van der Waals surface area contributed by atoms with Crippen LogP contribution in [0, 0.1) is 6.92 Å². The second kappa shape index (κ2) is 3.05. The third-order valence-corrected chi connectivity index (χ3v) is 3.54. The summed E-state index contributed by atoms with van der Waals surface area (Å²) in [6, 6.07) is 0.760. The van der Waals surface area contributed by atoms with E-state index in [0.29, 0.717) is 0 Å². The van der Waals surface area contributed by atoms with Gasteiger partial charge in [0.2, 0.25) is 0 Å². The Labute approximate surface area is 77.2 Å². The number of hydrogen-bond acceptors (Lipinski definition) is 3. The third-order valence-electron chi connectivity index (χ3n) is 2.53. The largest absolute Gasteiger partial charge is 0.348 e. The first-order chi connectivity index (χ1) is 5.77. The molecule has 0 saturated heterocycles. The first-order valence-corrected chi connectivity index (χ1v) is 5.24. The lowest BCUT2D eigenvalue weighted by atomic mass is 9.92. The zero-order valence-electron chi connectivity index (χ0n) is 7.58. The zero-order chi connectivity index (χ0) is 8.55. The van der Waals surface area contributed by atoms with E-state index in [0.717, 1.165) is 6.04 Å². The number of thiazole rings is 1. The molecular formula is C9H14N2S. The van der Waals surface area contributed by atoms with E-state index in [4.69, 9.17) is 0 Å². The molecule has 0 spiro atoms. The standard InChI is InChI=1S/C9H14N2S/c1-7-6-10-9(12-7)11(2)8-4-3-5-8/h6,8H,3-5H2,1-2H3. The Morgan fingerprint density at radius 1 is 1.58 bits per heavy atom. The van der Waals surface area contributed by atoms with Gasteiger partial charge in [0.1, 0.15) is 0 Å². The summed E-state index contributed by atoms with van der Waals surface area (Å²) in [5, 5.41) is 1.18. The Morgan fingerprint density at radius 2 is 2.33 bits per heavy atom. The molecule has 2 nitrogen and oxygen atoms in total. The Morgan fingerprint density at radius 3 is 2.75 bits per heavy atom. The second-order valence-electron chi connectivity index (χ2n) is 3.45. The molecule has 1 heterocycles. The SMILES string of the molecule is Cc1cnc(N(C)C2CCC2)s1. The molecule has 0 radical (unpaired) electrons. The molecule has 1 saturated carbocycles. The van der Waals surface area contributed by atoms with Crippen LogP contribution in [-0.2, 0) is 0 Å². The normalized spacial score (nSPS) is 17.5. The topological polar surface area (TPSA) is 16.1 Å². The lowest BCUT2D eigenvalue weighted by Crippen LogP contribution is -2.36. The molecule has 12 heavy (non-hydrogen) atoms. The molecule has 0 amide bonds. The van der Waals surface area contributed by atoms with Crippen molar-refractivity contribution in [2.75, 3.05) is 11.9 Å². The molecule has 2 rings (SSSR count). The van der Waals surface area contributed by atoms with Crippen molar-refractivity contribution in [2.45, 2.75) is 32.2 Å². The van der Waals surface area contributed by atoms with E-state index < -0.39 is 0 Å². The molecule has 1 aliphatic rings. The van der Waals surface area contributed by atoms with Crippen LogP contribution in [0.3, 0.4) is 0 Å². The highest BCUT2D eigenvalue weighted by atomic mass is 32.1. The molecule has 0 aliphatic heterocycles. The van der Waals surface area contributed by atoms with Gasteiger partial charge in [-0.1, -0.05) is 0 Å². The van der Waals surface area contributed by atoms with Gasteiger partial charge in [-0.3, -0.25) is 0 Å². The van der Waals surface area contributed by atoms with E-state index in [1.807, 2.05) is 6.20 Å². The van der Waals surface area contributed by atoms with E-state index in [-0.39, 0.29) is 0 Å². The zero-order valence-corrected chi connectivity index (χ0v) is 8.40. The molecule has 3 heteroatoms. The van der Waals surface area contributed by atoms with Gasteiger partial charge in [0.05, 0.1) is 0 Å². The molecule has 0 atom stereocenters. The van der Waals surface area contributed by atoms with E-state index in [1.54, 1.807) is 11.3 Å². The van der Waals surface area contributed by atoms with Crippen molar-refractivity contribution in [1.29, 1.82) is 0 Å². The predicted molar refractivity (Wildman–Crippen MR) is 52.9 cm³/mol. The predicted octanol–water partition coefficient (Wildman–Crippen LogP) is 2.44. The average Bonchev–Trinajstić information content (AvgIpc) is 2.31. The highest BCUT2D eigenvalue weighted by Gasteiger charge is 2.23. The first-order valence-electron chi connectivity index (χ1n) is 4.42. The Bertz CT molecular complexity index is 265. The van der Waals surface area contributed by atoms with Gasteiger partial charge in [-0.2, -0.15) is 0 Å². The van der Waals surface area contributed by atoms with Gasteiger partial charge in [-0.25, -0.2) is 4.98 Å². The van der Waals surface area contributed by atoms with Crippen molar-refractivity contribution in [3.8, 4) is 0 Å². The number of hydrogen-bond donors (Lipinski definition) is 0. The summed E-state index contributed by atoms with van der Waals surface area (Å²) in [5.41, 5.74) is 0. The Hall–Kier alpha value is -0.570. The fraction of sp³-hybridized carbons (Fsp3) is 0.667. The Balaban J connectivity index is 2.08. The fourth-order valence-electron chi connectivity index (χ4n) is 1.44. The summed E-state index contributed by atoms with van der Waals surface area (Å²) in [4.78, 5) is 7.99. The van der Waals surface area contributed by atoms with Gasteiger partial charge in [-0.05, 0) is 26.2 Å². The monoisotopic (exact) mass is 182 g/mol. The van der Waals surface area contributed by atoms with Gasteiger partial charge in [0.25, 0.3) is 0 Å². The summed E-state index contributed by atoms with van der Waals surface area (Å²) in [5.74, 6) is 0. The van der Waals surface area contributed by atoms with Crippen LogP contribution in [0.4, 0.5) is 5.13 Å². The lowest BCUT2D eigenvalue weighted by Gasteiger charge is -2.34. The molecule has 1 fully saturated rings. The van der Waals surface area contributed by atoms with Crippen LogP contribution >= 0.6 is 11.3 Å². The van der Waals surface area contributed by atoms with Crippen molar-refractivity contribution in [3.63, 3.8) is 0 Å². The highest BCUT2D eigenvalue weighted by Crippen LogP contribution is 2.30. The van der Waals surface area contributed by atoms with Crippen molar-refractivity contribution in [3.05, 3.63) is 11.1 Å². The van der Waals surface area contributed by atoms with Crippen LogP contribution in [-0.4, -0.2) is 18.1 Å². The first kappa shape index (κ1) is 8.05. The van der Waals surface area contributed by atoms with Crippen molar-refractivity contribution in [2.24, 2.45) is 0 Å². The smallest absolute Gasteiger partial charge is 0.185 e.